The monoisotopic (exact) mass is 543 g/mol. The van der Waals surface area contributed by atoms with Gasteiger partial charge in [-0.25, -0.2) is 4.79 Å². The first-order valence-electron chi connectivity index (χ1n) is 12.5. The molecule has 0 aromatic carbocycles. The zero-order chi connectivity index (χ0) is 28.6. The van der Waals surface area contributed by atoms with Crippen molar-refractivity contribution in [2.45, 2.75) is 60.4 Å². The lowest BCUT2D eigenvalue weighted by Crippen LogP contribution is -2.29. The van der Waals surface area contributed by atoms with Gasteiger partial charge in [-0.15, -0.1) is 17.3 Å². The van der Waals surface area contributed by atoms with E-state index in [1.54, 1.807) is 6.08 Å². The lowest BCUT2D eigenvalue weighted by Gasteiger charge is -2.20. The van der Waals surface area contributed by atoms with Crippen LogP contribution in [0.25, 0.3) is 11.3 Å². The number of H-pyrrole nitrogens is 1. The summed E-state index contributed by atoms with van der Waals surface area (Å²) in [6, 6.07) is 0. The van der Waals surface area contributed by atoms with Crippen LogP contribution >= 0.6 is 11.6 Å². The number of carboxylic acids is 1. The maximum atomic E-state index is 13.9. The van der Waals surface area contributed by atoms with Gasteiger partial charge in [0.2, 0.25) is 5.43 Å². The van der Waals surface area contributed by atoms with Gasteiger partial charge < -0.3 is 15.4 Å². The van der Waals surface area contributed by atoms with Crippen molar-refractivity contribution in [2.24, 2.45) is 11.8 Å². The number of nitrogens with zero attached hydrogens (tertiary/aromatic N) is 1. The quantitative estimate of drug-likeness (QED) is 0.0604. The summed E-state index contributed by atoms with van der Waals surface area (Å²) >= 11 is 6.06. The van der Waals surface area contributed by atoms with Gasteiger partial charge >= 0.3 is 5.97 Å². The van der Waals surface area contributed by atoms with Gasteiger partial charge in [0.25, 0.3) is 5.70 Å². The Morgan fingerprint density at radius 3 is 2.55 bits per heavy atom. The van der Waals surface area contributed by atoms with Crippen LogP contribution in [0.15, 0.2) is 46.1 Å². The number of nitro groups is 1. The molecule has 1 unspecified atom stereocenters. The molecule has 0 saturated carbocycles. The summed E-state index contributed by atoms with van der Waals surface area (Å²) in [5, 5.41) is 24.0. The van der Waals surface area contributed by atoms with E-state index in [0.29, 0.717) is 17.1 Å². The Labute approximate surface area is 226 Å². The lowest BCUT2D eigenvalue weighted by molar-refractivity contribution is -0.375. The van der Waals surface area contributed by atoms with Crippen LogP contribution in [0.4, 0.5) is 0 Å². The topological polar surface area (TPSA) is 142 Å². The first-order valence-corrected chi connectivity index (χ1v) is 13.0. The minimum absolute atomic E-state index is 0.00891. The number of nitrogens with one attached hydrogen (secondary N) is 2. The largest absolute Gasteiger partial charge is 0.477 e. The minimum atomic E-state index is -1.10. The zero-order valence-electron chi connectivity index (χ0n) is 22.3. The molecule has 1 aromatic heterocycles. The van der Waals surface area contributed by atoms with E-state index in [4.69, 9.17) is 16.7 Å². The van der Waals surface area contributed by atoms with Crippen LogP contribution in [-0.2, 0) is 11.3 Å². The molecular formula is C28H34ClN3O6. The number of aromatic nitrogens is 1. The predicted molar refractivity (Wildman–Crippen MR) is 148 cm³/mol. The summed E-state index contributed by atoms with van der Waals surface area (Å²) in [4.78, 5) is 52.7. The Kier molecular flexibility index (Phi) is 11.0. The summed E-state index contributed by atoms with van der Waals surface area (Å²) < 4.78 is 0. The van der Waals surface area contributed by atoms with Gasteiger partial charge in [-0.05, 0) is 55.4 Å². The fourth-order valence-corrected chi connectivity index (χ4v) is 4.21. The van der Waals surface area contributed by atoms with E-state index in [9.17, 15) is 24.5 Å². The molecule has 1 aromatic rings. The Hall–Kier alpha value is -3.68. The van der Waals surface area contributed by atoms with Crippen LogP contribution in [0.2, 0.25) is 0 Å². The smallest absolute Gasteiger partial charge is 0.339 e. The molecule has 0 saturated heterocycles. The van der Waals surface area contributed by atoms with Crippen LogP contribution in [0.1, 0.15) is 81.2 Å². The maximum absolute atomic E-state index is 13.9. The van der Waals surface area contributed by atoms with E-state index in [-0.39, 0.29) is 59.5 Å². The minimum Gasteiger partial charge on any atom is -0.477 e. The highest BCUT2D eigenvalue weighted by atomic mass is 35.5. The van der Waals surface area contributed by atoms with Crippen LogP contribution in [0.5, 0.6) is 0 Å². The SMILES string of the molecule is CCC(C)C1=CCC=C([N+](=O)[O-])c2c1[nH]c(CN/C(=C/C=C=C(C)C(=O)O)CCl)c(C(=O)CC(C)C)c2=O. The molecule has 0 fully saturated rings. The van der Waals surface area contributed by atoms with Gasteiger partial charge in [-0.3, -0.25) is 19.7 Å². The molecule has 0 aliphatic heterocycles. The van der Waals surface area contributed by atoms with Gasteiger partial charge in [-0.1, -0.05) is 33.8 Å². The third-order valence-electron chi connectivity index (χ3n) is 6.23. The Morgan fingerprint density at radius 2 is 2.00 bits per heavy atom. The number of hydrogen-bond donors (Lipinski definition) is 3. The number of Topliss-reactive ketones (excluding diaryl/α,β-unsaturated/α-hetero) is 1. The fourth-order valence-electron chi connectivity index (χ4n) is 4.03. The molecule has 1 heterocycles. The summed E-state index contributed by atoms with van der Waals surface area (Å²) in [7, 11) is 0. The van der Waals surface area contributed by atoms with E-state index in [1.807, 2.05) is 33.8 Å². The van der Waals surface area contributed by atoms with Gasteiger partial charge in [0.1, 0.15) is 5.56 Å². The molecule has 204 valence electrons. The molecule has 3 N–H and O–H groups in total. The number of ketones is 1. The summed E-state index contributed by atoms with van der Waals surface area (Å²) in [5.74, 6) is -1.48. The van der Waals surface area contributed by atoms with Crippen LogP contribution in [0.3, 0.4) is 0 Å². The third kappa shape index (κ3) is 7.43. The number of pyridine rings is 1. The molecule has 9 nitrogen and oxygen atoms in total. The number of carbonyl (C=O) groups excluding carboxylic acids is 1. The highest BCUT2D eigenvalue weighted by Crippen LogP contribution is 2.33. The number of rotatable bonds is 12. The van der Waals surface area contributed by atoms with Crippen molar-refractivity contribution in [1.82, 2.24) is 10.3 Å². The van der Waals surface area contributed by atoms with Gasteiger partial charge in [0.05, 0.1) is 34.2 Å². The summed E-state index contributed by atoms with van der Waals surface area (Å²) in [6.07, 6.45) is 7.38. The standard InChI is InChI=1S/C28H34ClN3O6/c1-6-17(4)20-11-8-12-22(32(37)38)25-26(20)31-21(24(27(25)34)23(33)13-16(2)3)15-30-19(14-29)10-7-9-18(5)28(35)36/h7,10-12,16-17,30H,6,8,13-15H2,1-5H3,(H,31,34)(H,35,36)/b19-10+. The van der Waals surface area contributed by atoms with Crippen molar-refractivity contribution >= 4 is 34.6 Å². The summed E-state index contributed by atoms with van der Waals surface area (Å²) in [6.45, 7) is 9.10. The molecule has 2 rings (SSSR count). The second kappa shape index (κ2) is 13.7. The Balaban J connectivity index is 2.74. The van der Waals surface area contributed by atoms with Crippen LogP contribution in [0, 0.1) is 22.0 Å². The van der Waals surface area contributed by atoms with Crippen LogP contribution in [-0.4, -0.2) is 32.6 Å². The van der Waals surface area contributed by atoms with E-state index in [0.717, 1.165) is 12.0 Å². The molecule has 1 atom stereocenters. The average Bonchev–Trinajstić information content (AvgIpc) is 3.05. The number of aromatic amines is 1. The fraction of sp³-hybridized carbons (Fsp3) is 0.429. The van der Waals surface area contributed by atoms with Crippen LogP contribution < -0.4 is 10.7 Å². The summed E-state index contributed by atoms with van der Waals surface area (Å²) in [5.41, 5.74) is 3.36. The first-order chi connectivity index (χ1) is 17.9. The normalized spacial score (nSPS) is 13.9. The molecule has 0 radical (unpaired) electrons. The number of allylic oxidation sites excluding steroid dienone is 5. The first kappa shape index (κ1) is 30.5. The predicted octanol–water partition coefficient (Wildman–Crippen LogP) is 5.45. The van der Waals surface area contributed by atoms with Gasteiger partial charge in [-0.2, -0.15) is 0 Å². The third-order valence-corrected chi connectivity index (χ3v) is 6.52. The maximum Gasteiger partial charge on any atom is 0.339 e. The van der Waals surface area contributed by atoms with Crippen molar-refractivity contribution in [3.8, 4) is 0 Å². The van der Waals surface area contributed by atoms with Crippen molar-refractivity contribution in [1.29, 1.82) is 0 Å². The molecular weight excluding hydrogens is 510 g/mol. The lowest BCUT2D eigenvalue weighted by atomic mass is 9.89. The molecule has 0 amide bonds. The van der Waals surface area contributed by atoms with Gasteiger partial charge in [0, 0.05) is 17.8 Å². The van der Waals surface area contributed by atoms with E-state index < -0.39 is 22.1 Å². The van der Waals surface area contributed by atoms with Crippen molar-refractivity contribution in [3.63, 3.8) is 0 Å². The molecule has 0 bridgehead atoms. The number of halogens is 1. The van der Waals surface area contributed by atoms with E-state index in [2.05, 4.69) is 16.0 Å². The number of alkyl halides is 1. The number of fused-ring (bicyclic) bond motifs is 1. The van der Waals surface area contributed by atoms with E-state index in [1.165, 1.54) is 19.1 Å². The van der Waals surface area contributed by atoms with Crippen molar-refractivity contribution in [3.05, 3.63) is 84.2 Å². The number of hydrogen-bond acceptors (Lipinski definition) is 6. The second-order valence-corrected chi connectivity index (χ2v) is 9.82. The highest BCUT2D eigenvalue weighted by molar-refractivity contribution is 6.19. The molecule has 10 heteroatoms. The molecule has 38 heavy (non-hydrogen) atoms. The molecule has 1 aliphatic rings. The Bertz CT molecular complexity index is 1330. The Morgan fingerprint density at radius 1 is 1.32 bits per heavy atom. The molecule has 1 aliphatic carbocycles. The zero-order valence-corrected chi connectivity index (χ0v) is 23.1. The van der Waals surface area contributed by atoms with Gasteiger partial charge in [0.15, 0.2) is 5.78 Å². The number of carbonyl (C=O) groups is 2. The average molecular weight is 544 g/mol. The van der Waals surface area contributed by atoms with Crippen molar-refractivity contribution in [2.75, 3.05) is 5.88 Å². The second-order valence-electron chi connectivity index (χ2n) is 9.55. The molecule has 0 spiro atoms. The number of carboxylic acid groups (broad SMARTS) is 1. The number of aliphatic carboxylic acids is 1. The van der Waals surface area contributed by atoms with Crippen molar-refractivity contribution < 1.29 is 19.6 Å². The highest BCUT2D eigenvalue weighted by Gasteiger charge is 2.32. The van der Waals surface area contributed by atoms with E-state index >= 15 is 0 Å².